The van der Waals surface area contributed by atoms with E-state index in [1.807, 2.05) is 6.92 Å². The summed E-state index contributed by atoms with van der Waals surface area (Å²) in [4.78, 5) is 11.0. The van der Waals surface area contributed by atoms with Gasteiger partial charge in [0.05, 0.1) is 5.52 Å². The zero-order valence-corrected chi connectivity index (χ0v) is 8.27. The minimum Gasteiger partial charge on any atom is -0.507 e. The lowest BCUT2D eigenvalue weighted by Gasteiger charge is -2.03. The van der Waals surface area contributed by atoms with Gasteiger partial charge >= 0.3 is 5.97 Å². The summed E-state index contributed by atoms with van der Waals surface area (Å²) in [7, 11) is 0. The van der Waals surface area contributed by atoms with Crippen molar-refractivity contribution in [2.75, 3.05) is 0 Å². The van der Waals surface area contributed by atoms with Crippen molar-refractivity contribution in [1.82, 2.24) is 4.57 Å². The normalized spacial score (nSPS) is 10.7. The number of hydrogen-bond donors (Lipinski definition) is 2. The smallest absolute Gasteiger partial charge is 0.352 e. The zero-order valence-electron chi connectivity index (χ0n) is 8.27. The zero-order chi connectivity index (χ0) is 11.0. The maximum absolute atomic E-state index is 11.0. The van der Waals surface area contributed by atoms with Gasteiger partial charge in [-0.1, -0.05) is 6.07 Å². The molecule has 4 nitrogen and oxygen atoms in total. The number of aromatic nitrogens is 1. The van der Waals surface area contributed by atoms with Crippen LogP contribution in [0, 0.1) is 0 Å². The number of phenols is 1. The number of aromatic carboxylic acids is 1. The molecular weight excluding hydrogens is 194 g/mol. The molecule has 1 aromatic heterocycles. The van der Waals surface area contributed by atoms with Gasteiger partial charge in [0, 0.05) is 11.9 Å². The van der Waals surface area contributed by atoms with Crippen LogP contribution in [0.2, 0.25) is 0 Å². The van der Waals surface area contributed by atoms with Gasteiger partial charge in [0.15, 0.2) is 0 Å². The topological polar surface area (TPSA) is 62.5 Å². The molecule has 0 atom stereocenters. The van der Waals surface area contributed by atoms with Crippen molar-refractivity contribution < 1.29 is 15.0 Å². The van der Waals surface area contributed by atoms with Crippen LogP contribution < -0.4 is 0 Å². The number of rotatable bonds is 2. The monoisotopic (exact) mass is 205 g/mol. The molecule has 0 fully saturated rings. The molecule has 2 N–H and O–H groups in total. The maximum atomic E-state index is 11.0. The first-order valence-corrected chi connectivity index (χ1v) is 4.69. The van der Waals surface area contributed by atoms with Crippen LogP contribution in [-0.4, -0.2) is 20.7 Å². The van der Waals surface area contributed by atoms with Crippen molar-refractivity contribution in [3.8, 4) is 5.75 Å². The molecule has 0 aliphatic rings. The molecular formula is C11H11NO3. The standard InChI is InChI=1S/C11H11NO3/c1-2-12-8-4-3-5-10(13)7(8)6-9(12)11(14)15/h3-6,13H,2H2,1H3,(H,14,15). The predicted molar refractivity (Wildman–Crippen MR) is 56.2 cm³/mol. The maximum Gasteiger partial charge on any atom is 0.352 e. The van der Waals surface area contributed by atoms with Crippen LogP contribution in [0.15, 0.2) is 24.3 Å². The fraction of sp³-hybridized carbons (Fsp3) is 0.182. The first kappa shape index (κ1) is 9.58. The highest BCUT2D eigenvalue weighted by Gasteiger charge is 2.14. The summed E-state index contributed by atoms with van der Waals surface area (Å²) < 4.78 is 1.66. The molecule has 1 aromatic carbocycles. The van der Waals surface area contributed by atoms with Crippen LogP contribution >= 0.6 is 0 Å². The van der Waals surface area contributed by atoms with Gasteiger partial charge in [-0.05, 0) is 25.1 Å². The van der Waals surface area contributed by atoms with Gasteiger partial charge in [-0.3, -0.25) is 0 Å². The molecule has 0 unspecified atom stereocenters. The second-order valence-electron chi connectivity index (χ2n) is 3.29. The highest BCUT2D eigenvalue weighted by molar-refractivity contribution is 5.96. The van der Waals surface area contributed by atoms with Crippen molar-refractivity contribution in [3.63, 3.8) is 0 Å². The molecule has 4 heteroatoms. The molecule has 0 bridgehead atoms. The SMILES string of the molecule is CCn1c(C(=O)O)cc2c(O)cccc21. The lowest BCUT2D eigenvalue weighted by Crippen LogP contribution is -2.06. The van der Waals surface area contributed by atoms with Gasteiger partial charge in [-0.25, -0.2) is 4.79 Å². The van der Waals surface area contributed by atoms with E-state index in [9.17, 15) is 9.90 Å². The Morgan fingerprint density at radius 1 is 1.47 bits per heavy atom. The quantitative estimate of drug-likeness (QED) is 0.788. The van der Waals surface area contributed by atoms with Crippen molar-refractivity contribution >= 4 is 16.9 Å². The summed E-state index contributed by atoms with van der Waals surface area (Å²) in [6.07, 6.45) is 0. The predicted octanol–water partition coefficient (Wildman–Crippen LogP) is 2.06. The van der Waals surface area contributed by atoms with Crippen LogP contribution in [0.5, 0.6) is 5.75 Å². The molecule has 0 spiro atoms. The Morgan fingerprint density at radius 3 is 2.80 bits per heavy atom. The summed E-state index contributed by atoms with van der Waals surface area (Å²) in [5.41, 5.74) is 0.948. The molecule has 15 heavy (non-hydrogen) atoms. The number of carboxylic acids is 1. The summed E-state index contributed by atoms with van der Waals surface area (Å²) in [5, 5.41) is 19.1. The number of aryl methyl sites for hydroxylation is 1. The number of aromatic hydroxyl groups is 1. The van der Waals surface area contributed by atoms with Gasteiger partial charge in [-0.15, -0.1) is 0 Å². The summed E-state index contributed by atoms with van der Waals surface area (Å²) in [6, 6.07) is 6.55. The first-order chi connectivity index (χ1) is 7.15. The van der Waals surface area contributed by atoms with E-state index in [1.54, 1.807) is 22.8 Å². The Labute approximate surface area is 86.4 Å². The van der Waals surface area contributed by atoms with Crippen molar-refractivity contribution in [1.29, 1.82) is 0 Å². The Bertz CT molecular complexity index is 528. The lowest BCUT2D eigenvalue weighted by molar-refractivity contribution is 0.0686. The number of nitrogens with zero attached hydrogens (tertiary/aromatic N) is 1. The summed E-state index contributed by atoms with van der Waals surface area (Å²) in [6.45, 7) is 2.44. The number of hydrogen-bond acceptors (Lipinski definition) is 2. The van der Waals surface area contributed by atoms with E-state index in [4.69, 9.17) is 5.11 Å². The average Bonchev–Trinajstić information content (AvgIpc) is 2.57. The Morgan fingerprint density at radius 2 is 2.20 bits per heavy atom. The van der Waals surface area contributed by atoms with Crippen LogP contribution in [0.4, 0.5) is 0 Å². The van der Waals surface area contributed by atoms with Crippen LogP contribution in [0.1, 0.15) is 17.4 Å². The second-order valence-corrected chi connectivity index (χ2v) is 3.29. The molecule has 0 aliphatic heterocycles. The highest BCUT2D eigenvalue weighted by atomic mass is 16.4. The third-order valence-electron chi connectivity index (χ3n) is 2.46. The lowest BCUT2D eigenvalue weighted by atomic mass is 10.2. The minimum absolute atomic E-state index is 0.113. The third kappa shape index (κ3) is 1.34. The highest BCUT2D eigenvalue weighted by Crippen LogP contribution is 2.27. The van der Waals surface area contributed by atoms with Gasteiger partial charge in [0.1, 0.15) is 11.4 Å². The van der Waals surface area contributed by atoms with Gasteiger partial charge in [-0.2, -0.15) is 0 Å². The molecule has 2 aromatic rings. The largest absolute Gasteiger partial charge is 0.507 e. The van der Waals surface area contributed by atoms with E-state index >= 15 is 0 Å². The average molecular weight is 205 g/mol. The molecule has 1 heterocycles. The van der Waals surface area contributed by atoms with Gasteiger partial charge in [0.2, 0.25) is 0 Å². The Hall–Kier alpha value is -1.97. The molecule has 78 valence electrons. The van der Waals surface area contributed by atoms with Crippen LogP contribution in [0.3, 0.4) is 0 Å². The minimum atomic E-state index is -0.979. The van der Waals surface area contributed by atoms with E-state index < -0.39 is 5.97 Å². The van der Waals surface area contributed by atoms with Gasteiger partial charge < -0.3 is 14.8 Å². The van der Waals surface area contributed by atoms with Gasteiger partial charge in [0.25, 0.3) is 0 Å². The van der Waals surface area contributed by atoms with E-state index in [0.29, 0.717) is 11.9 Å². The van der Waals surface area contributed by atoms with E-state index in [-0.39, 0.29) is 11.4 Å². The van der Waals surface area contributed by atoms with Crippen LogP contribution in [-0.2, 0) is 6.54 Å². The van der Waals surface area contributed by atoms with Crippen LogP contribution in [0.25, 0.3) is 10.9 Å². The van der Waals surface area contributed by atoms with E-state index in [1.165, 1.54) is 6.07 Å². The Balaban J connectivity index is 2.84. The molecule has 0 saturated carbocycles. The molecule has 0 aliphatic carbocycles. The number of phenolic OH excluding ortho intramolecular Hbond substituents is 1. The van der Waals surface area contributed by atoms with Crippen molar-refractivity contribution in [2.24, 2.45) is 0 Å². The Kier molecular flexibility index (Phi) is 2.11. The number of carbonyl (C=O) groups is 1. The number of carboxylic acid groups (broad SMARTS) is 1. The third-order valence-corrected chi connectivity index (χ3v) is 2.46. The van der Waals surface area contributed by atoms with E-state index in [2.05, 4.69) is 0 Å². The molecule has 0 radical (unpaired) electrons. The first-order valence-electron chi connectivity index (χ1n) is 4.69. The fourth-order valence-electron chi connectivity index (χ4n) is 1.79. The van der Waals surface area contributed by atoms with Crippen molar-refractivity contribution in [2.45, 2.75) is 13.5 Å². The summed E-state index contributed by atoms with van der Waals surface area (Å²) >= 11 is 0. The number of fused-ring (bicyclic) bond motifs is 1. The molecule has 0 amide bonds. The fourth-order valence-corrected chi connectivity index (χ4v) is 1.79. The molecule has 0 saturated heterocycles. The number of benzene rings is 1. The van der Waals surface area contributed by atoms with E-state index in [0.717, 1.165) is 5.52 Å². The molecule has 2 rings (SSSR count). The summed E-state index contributed by atoms with van der Waals surface area (Å²) in [5.74, 6) is -0.866. The second kappa shape index (κ2) is 3.31. The van der Waals surface area contributed by atoms with Crippen molar-refractivity contribution in [3.05, 3.63) is 30.0 Å².